The molecule has 128 valence electrons. The van der Waals surface area contributed by atoms with Gasteiger partial charge in [0.2, 0.25) is 11.8 Å². The third-order valence-corrected chi connectivity index (χ3v) is 3.67. The summed E-state index contributed by atoms with van der Waals surface area (Å²) < 4.78 is 10.1. The average Bonchev–Trinajstić information content (AvgIpc) is 2.51. The van der Waals surface area contributed by atoms with Crippen molar-refractivity contribution in [1.82, 2.24) is 10.6 Å². The number of hydrogen-bond donors (Lipinski definition) is 4. The summed E-state index contributed by atoms with van der Waals surface area (Å²) in [6.45, 7) is 0. The molecule has 0 aliphatic carbocycles. The van der Waals surface area contributed by atoms with Crippen LogP contribution in [-0.4, -0.2) is 47.3 Å². The highest BCUT2D eigenvalue weighted by Gasteiger charge is 2.41. The number of benzene rings is 1. The third kappa shape index (κ3) is 3.01. The molecule has 2 amide bonds. The van der Waals surface area contributed by atoms with Crippen LogP contribution in [0.5, 0.6) is 11.5 Å². The van der Waals surface area contributed by atoms with E-state index in [1.165, 1.54) is 26.4 Å². The summed E-state index contributed by atoms with van der Waals surface area (Å²) in [7, 11) is 2.56. The fourth-order valence-corrected chi connectivity index (χ4v) is 2.61. The van der Waals surface area contributed by atoms with Crippen LogP contribution in [0.1, 0.15) is 22.0 Å². The molecule has 0 aromatic heterocycles. The maximum Gasteiger partial charge on any atom is 0.340 e. The molecule has 1 aliphatic heterocycles. The quantitative estimate of drug-likeness (QED) is 0.414. The molecule has 1 aliphatic rings. The summed E-state index contributed by atoms with van der Waals surface area (Å²) in [5, 5.41) is 24.1. The van der Waals surface area contributed by atoms with E-state index in [4.69, 9.17) is 9.47 Å². The number of ether oxygens (including phenoxy) is 2. The molecule has 2 rings (SSSR count). The molecule has 1 aromatic rings. The second-order valence-corrected chi connectivity index (χ2v) is 5.21. The number of rotatable bonds is 5. The number of aliphatic hydroxyl groups is 1. The Morgan fingerprint density at radius 1 is 1.21 bits per heavy atom. The van der Waals surface area contributed by atoms with Crippen molar-refractivity contribution >= 4 is 35.1 Å². The third-order valence-electron chi connectivity index (χ3n) is 3.46. The molecule has 0 radical (unpaired) electrons. The molecule has 1 atom stereocenters. The van der Waals surface area contributed by atoms with Crippen LogP contribution in [0.25, 0.3) is 0 Å². The van der Waals surface area contributed by atoms with Gasteiger partial charge >= 0.3 is 5.97 Å². The normalized spacial score (nSPS) is 16.2. The molecular formula is C14H14N2O7S. The van der Waals surface area contributed by atoms with Crippen LogP contribution in [0.3, 0.4) is 0 Å². The summed E-state index contributed by atoms with van der Waals surface area (Å²) >= 11 is 4.68. The molecule has 1 heterocycles. The number of carboxylic acid groups (broad SMARTS) is 1. The Bertz CT molecular complexity index is 714. The molecule has 1 fully saturated rings. The predicted octanol–water partition coefficient (Wildman–Crippen LogP) is -0.417. The van der Waals surface area contributed by atoms with Crippen molar-refractivity contribution in [2.75, 3.05) is 14.2 Å². The van der Waals surface area contributed by atoms with Gasteiger partial charge in [-0.1, -0.05) is 6.07 Å². The van der Waals surface area contributed by atoms with Gasteiger partial charge in [-0.2, -0.15) is 0 Å². The molecule has 0 bridgehead atoms. The van der Waals surface area contributed by atoms with Crippen LogP contribution >= 0.6 is 12.2 Å². The van der Waals surface area contributed by atoms with Crippen LogP contribution in [0.4, 0.5) is 0 Å². The molecule has 10 heteroatoms. The highest BCUT2D eigenvalue weighted by atomic mass is 32.1. The standard InChI is InChI=1S/C14H14N2O7S/c1-22-6-4-3-5(7(13(20)21)10(6)23-2)9(17)8-11(18)15-14(24)16-12(8)19/h3-4,8-9,17H,1-2H3,(H,20,21)(H2,15,16,18,19,24)/t9-/m0/s1. The number of thiocarbonyl (C=S) groups is 1. The first kappa shape index (κ1) is 17.6. The van der Waals surface area contributed by atoms with Gasteiger partial charge in [0.25, 0.3) is 0 Å². The first-order valence-corrected chi connectivity index (χ1v) is 7.04. The SMILES string of the molecule is COc1ccc([C@H](O)C2C(=O)NC(=S)NC2=O)c(C(=O)O)c1OC. The van der Waals surface area contributed by atoms with Gasteiger partial charge in [-0.15, -0.1) is 0 Å². The Hall–Kier alpha value is -2.72. The van der Waals surface area contributed by atoms with Crippen molar-refractivity contribution in [2.24, 2.45) is 5.92 Å². The van der Waals surface area contributed by atoms with Crippen LogP contribution < -0.4 is 20.1 Å². The van der Waals surface area contributed by atoms with E-state index in [1.807, 2.05) is 0 Å². The summed E-state index contributed by atoms with van der Waals surface area (Å²) in [5.41, 5.74) is -0.568. The van der Waals surface area contributed by atoms with E-state index in [0.29, 0.717) is 0 Å². The Balaban J connectivity index is 2.55. The molecule has 24 heavy (non-hydrogen) atoms. The van der Waals surface area contributed by atoms with Crippen molar-refractivity contribution in [1.29, 1.82) is 0 Å². The lowest BCUT2D eigenvalue weighted by molar-refractivity contribution is -0.140. The van der Waals surface area contributed by atoms with Gasteiger partial charge in [-0.25, -0.2) is 4.79 Å². The van der Waals surface area contributed by atoms with Crippen molar-refractivity contribution in [3.63, 3.8) is 0 Å². The molecule has 1 saturated heterocycles. The van der Waals surface area contributed by atoms with Crippen LogP contribution in [0.2, 0.25) is 0 Å². The van der Waals surface area contributed by atoms with Gasteiger partial charge in [0.1, 0.15) is 17.6 Å². The van der Waals surface area contributed by atoms with E-state index < -0.39 is 35.4 Å². The highest BCUT2D eigenvalue weighted by molar-refractivity contribution is 7.80. The number of carbonyl (C=O) groups is 3. The largest absolute Gasteiger partial charge is 0.493 e. The highest BCUT2D eigenvalue weighted by Crippen LogP contribution is 2.38. The fraction of sp³-hybridized carbons (Fsp3) is 0.286. The number of amides is 2. The number of methoxy groups -OCH3 is 2. The first-order chi connectivity index (χ1) is 11.3. The van der Waals surface area contributed by atoms with Crippen LogP contribution in [0.15, 0.2) is 12.1 Å². The minimum absolute atomic E-state index is 0.129. The number of hydrogen-bond acceptors (Lipinski definition) is 7. The summed E-state index contributed by atoms with van der Waals surface area (Å²) in [6.07, 6.45) is -1.72. The second-order valence-electron chi connectivity index (χ2n) is 4.80. The molecule has 4 N–H and O–H groups in total. The number of carbonyl (C=O) groups excluding carboxylic acids is 2. The monoisotopic (exact) mass is 354 g/mol. The zero-order valence-electron chi connectivity index (χ0n) is 12.7. The molecular weight excluding hydrogens is 340 g/mol. The van der Waals surface area contributed by atoms with Gasteiger partial charge < -0.3 is 30.3 Å². The second kappa shape index (κ2) is 6.81. The molecule has 0 spiro atoms. The van der Waals surface area contributed by atoms with E-state index in [-0.39, 0.29) is 22.2 Å². The minimum atomic E-state index is -1.72. The lowest BCUT2D eigenvalue weighted by Crippen LogP contribution is -2.57. The maximum absolute atomic E-state index is 12.0. The van der Waals surface area contributed by atoms with E-state index in [9.17, 15) is 24.6 Å². The smallest absolute Gasteiger partial charge is 0.340 e. The van der Waals surface area contributed by atoms with E-state index in [2.05, 4.69) is 22.9 Å². The number of nitrogens with one attached hydrogen (secondary N) is 2. The van der Waals surface area contributed by atoms with Gasteiger partial charge in [0, 0.05) is 5.56 Å². The Morgan fingerprint density at radius 2 is 1.79 bits per heavy atom. The van der Waals surface area contributed by atoms with Crippen molar-refractivity contribution < 1.29 is 34.1 Å². The van der Waals surface area contributed by atoms with Gasteiger partial charge in [-0.3, -0.25) is 9.59 Å². The average molecular weight is 354 g/mol. The fourth-order valence-electron chi connectivity index (χ4n) is 2.41. The van der Waals surface area contributed by atoms with Gasteiger partial charge in [-0.05, 0) is 18.3 Å². The zero-order valence-corrected chi connectivity index (χ0v) is 13.5. The topological polar surface area (TPSA) is 134 Å². The first-order valence-electron chi connectivity index (χ1n) is 6.63. The van der Waals surface area contributed by atoms with E-state index >= 15 is 0 Å². The van der Waals surface area contributed by atoms with Crippen molar-refractivity contribution in [2.45, 2.75) is 6.10 Å². The summed E-state index contributed by atoms with van der Waals surface area (Å²) in [5.74, 6) is -4.64. The van der Waals surface area contributed by atoms with Crippen LogP contribution in [-0.2, 0) is 9.59 Å². The Morgan fingerprint density at radius 3 is 2.25 bits per heavy atom. The van der Waals surface area contributed by atoms with E-state index in [1.54, 1.807) is 0 Å². The summed E-state index contributed by atoms with van der Waals surface area (Å²) in [4.78, 5) is 35.5. The number of aromatic carboxylic acids is 1. The lowest BCUT2D eigenvalue weighted by atomic mass is 9.89. The molecule has 0 saturated carbocycles. The molecule has 9 nitrogen and oxygen atoms in total. The molecule has 0 unspecified atom stereocenters. The number of carboxylic acids is 1. The predicted molar refractivity (Wildman–Crippen MR) is 83.8 cm³/mol. The Labute approximate surface area is 141 Å². The van der Waals surface area contributed by atoms with Crippen molar-refractivity contribution in [3.8, 4) is 11.5 Å². The van der Waals surface area contributed by atoms with Crippen molar-refractivity contribution in [3.05, 3.63) is 23.3 Å². The molecule has 1 aromatic carbocycles. The number of aliphatic hydroxyl groups excluding tert-OH is 1. The lowest BCUT2D eigenvalue weighted by Gasteiger charge is -2.27. The van der Waals surface area contributed by atoms with Gasteiger partial charge in [0.05, 0.1) is 14.2 Å². The van der Waals surface area contributed by atoms with E-state index in [0.717, 1.165) is 0 Å². The maximum atomic E-state index is 12.0. The Kier molecular flexibility index (Phi) is 5.00. The van der Waals surface area contributed by atoms with Gasteiger partial charge in [0.15, 0.2) is 16.6 Å². The van der Waals surface area contributed by atoms with Crippen LogP contribution in [0, 0.1) is 5.92 Å². The zero-order chi connectivity index (χ0) is 18.0. The minimum Gasteiger partial charge on any atom is -0.493 e. The summed E-state index contributed by atoms with van der Waals surface area (Å²) in [6, 6.07) is 2.62.